The summed E-state index contributed by atoms with van der Waals surface area (Å²) in [6.45, 7) is 0.128. The van der Waals surface area contributed by atoms with Crippen molar-refractivity contribution in [2.75, 3.05) is 6.61 Å². The zero-order valence-electron chi connectivity index (χ0n) is 12.3. The maximum Gasteiger partial charge on any atom is 0.169 e. The van der Waals surface area contributed by atoms with Crippen LogP contribution in [-0.2, 0) is 15.9 Å². The van der Waals surface area contributed by atoms with Crippen molar-refractivity contribution in [1.82, 2.24) is 0 Å². The summed E-state index contributed by atoms with van der Waals surface area (Å²) in [6.07, 6.45) is 6.81. The molecule has 2 fully saturated rings. The number of ether oxygens (including phenoxy) is 2. The summed E-state index contributed by atoms with van der Waals surface area (Å²) in [5.41, 5.74) is 1.09. The normalized spacial score (nSPS) is 28.1. The van der Waals surface area contributed by atoms with Gasteiger partial charge in [-0.3, -0.25) is 0 Å². The largest absolute Gasteiger partial charge is 0.396 e. The van der Waals surface area contributed by atoms with Crippen LogP contribution in [0.3, 0.4) is 0 Å². The summed E-state index contributed by atoms with van der Waals surface area (Å²) in [5.74, 6) is -0.413. The van der Waals surface area contributed by atoms with Crippen molar-refractivity contribution >= 4 is 11.6 Å². The smallest absolute Gasteiger partial charge is 0.169 e. The van der Waals surface area contributed by atoms with Crippen molar-refractivity contribution in [3.05, 3.63) is 34.9 Å². The molecule has 1 saturated heterocycles. The molecule has 1 aliphatic heterocycles. The van der Waals surface area contributed by atoms with Crippen LogP contribution in [0.15, 0.2) is 24.3 Å². The van der Waals surface area contributed by atoms with Crippen molar-refractivity contribution in [3.63, 3.8) is 0 Å². The van der Waals surface area contributed by atoms with Gasteiger partial charge < -0.3 is 14.6 Å². The first-order valence-electron chi connectivity index (χ1n) is 7.92. The van der Waals surface area contributed by atoms with Crippen LogP contribution >= 0.6 is 11.6 Å². The third-order valence-corrected chi connectivity index (χ3v) is 4.92. The van der Waals surface area contributed by atoms with E-state index in [2.05, 4.69) is 0 Å². The molecule has 3 rings (SSSR count). The van der Waals surface area contributed by atoms with Gasteiger partial charge in [0.05, 0.1) is 12.2 Å². The fourth-order valence-electron chi connectivity index (χ4n) is 3.48. The lowest BCUT2D eigenvalue weighted by Gasteiger charge is -2.32. The Kier molecular flexibility index (Phi) is 4.85. The average Bonchev–Trinajstić information content (AvgIpc) is 2.80. The van der Waals surface area contributed by atoms with E-state index in [0.29, 0.717) is 6.42 Å². The van der Waals surface area contributed by atoms with Crippen LogP contribution in [0.2, 0.25) is 5.02 Å². The molecule has 1 N–H and O–H groups in total. The van der Waals surface area contributed by atoms with E-state index in [9.17, 15) is 5.11 Å². The summed E-state index contributed by atoms with van der Waals surface area (Å²) in [4.78, 5) is 0. The third-order valence-electron chi connectivity index (χ3n) is 4.55. The Morgan fingerprint density at radius 2 is 1.81 bits per heavy atom. The Labute approximate surface area is 131 Å². The van der Waals surface area contributed by atoms with Crippen molar-refractivity contribution in [2.45, 2.75) is 62.9 Å². The number of rotatable bonds is 4. The lowest BCUT2D eigenvalue weighted by Crippen LogP contribution is -2.33. The maximum atomic E-state index is 9.29. The Hall–Kier alpha value is -0.610. The van der Waals surface area contributed by atoms with Crippen molar-refractivity contribution in [3.8, 4) is 0 Å². The van der Waals surface area contributed by atoms with Crippen LogP contribution < -0.4 is 0 Å². The van der Waals surface area contributed by atoms with Crippen LogP contribution in [0.5, 0.6) is 0 Å². The van der Waals surface area contributed by atoms with E-state index >= 15 is 0 Å². The minimum absolute atomic E-state index is 0.0184. The summed E-state index contributed by atoms with van der Waals surface area (Å²) in [7, 11) is 0. The van der Waals surface area contributed by atoms with E-state index in [0.717, 1.165) is 42.7 Å². The van der Waals surface area contributed by atoms with E-state index in [1.807, 2.05) is 24.3 Å². The summed E-state index contributed by atoms with van der Waals surface area (Å²) in [5, 5.41) is 10.1. The van der Waals surface area contributed by atoms with E-state index in [1.54, 1.807) is 0 Å². The van der Waals surface area contributed by atoms with Crippen LogP contribution in [0.25, 0.3) is 0 Å². The van der Waals surface area contributed by atoms with Gasteiger partial charge in [0, 0.05) is 30.9 Å². The van der Waals surface area contributed by atoms with Gasteiger partial charge in [0.1, 0.15) is 0 Å². The molecule has 1 aromatic rings. The zero-order valence-corrected chi connectivity index (χ0v) is 13.0. The molecule has 0 aromatic heterocycles. The van der Waals surface area contributed by atoms with Gasteiger partial charge in [-0.1, -0.05) is 36.2 Å². The molecule has 1 spiro atoms. The molecule has 0 bridgehead atoms. The molecule has 1 aromatic carbocycles. The fourth-order valence-corrected chi connectivity index (χ4v) is 3.70. The molecule has 4 heteroatoms. The number of aliphatic hydroxyl groups excluding tert-OH is 1. The van der Waals surface area contributed by atoms with E-state index in [-0.39, 0.29) is 18.8 Å². The summed E-state index contributed by atoms with van der Waals surface area (Å²) in [6, 6.07) is 7.87. The summed E-state index contributed by atoms with van der Waals surface area (Å²) >= 11 is 6.26. The first kappa shape index (κ1) is 15.3. The monoisotopic (exact) mass is 310 g/mol. The van der Waals surface area contributed by atoms with E-state index in [4.69, 9.17) is 21.1 Å². The predicted octanol–water partition coefficient (Wildman–Crippen LogP) is 3.71. The van der Waals surface area contributed by atoms with Gasteiger partial charge in [-0.15, -0.1) is 0 Å². The number of hydrogen-bond donors (Lipinski definition) is 1. The lowest BCUT2D eigenvalue weighted by molar-refractivity contribution is -0.194. The fraction of sp³-hybridized carbons (Fsp3) is 0.647. The number of hydrogen-bond acceptors (Lipinski definition) is 3. The van der Waals surface area contributed by atoms with Crippen molar-refractivity contribution < 1.29 is 14.6 Å². The molecule has 1 aliphatic carbocycles. The quantitative estimate of drug-likeness (QED) is 0.921. The van der Waals surface area contributed by atoms with Crippen LogP contribution in [0.4, 0.5) is 0 Å². The molecule has 1 heterocycles. The van der Waals surface area contributed by atoms with Gasteiger partial charge >= 0.3 is 0 Å². The highest BCUT2D eigenvalue weighted by atomic mass is 35.5. The van der Waals surface area contributed by atoms with Gasteiger partial charge in [0.25, 0.3) is 0 Å². The van der Waals surface area contributed by atoms with Gasteiger partial charge in [-0.25, -0.2) is 0 Å². The maximum absolute atomic E-state index is 9.29. The molecule has 3 nitrogen and oxygen atoms in total. The topological polar surface area (TPSA) is 38.7 Å². The molecular weight excluding hydrogens is 288 g/mol. The molecular formula is C17H23ClO3. The van der Waals surface area contributed by atoms with Gasteiger partial charge in [-0.2, -0.15) is 0 Å². The standard InChI is InChI=1S/C17H23ClO3/c18-14-7-3-2-6-13(14)12-16-15(8-11-19)20-17(21-16)9-4-1-5-10-17/h2-3,6-7,15-16,19H,1,4-5,8-12H2/t15-,16-/m0/s1. The molecule has 21 heavy (non-hydrogen) atoms. The van der Waals surface area contributed by atoms with Crippen LogP contribution in [-0.4, -0.2) is 29.7 Å². The number of halogens is 1. The Bertz CT molecular complexity index is 471. The highest BCUT2D eigenvalue weighted by Gasteiger charge is 2.47. The van der Waals surface area contributed by atoms with Gasteiger partial charge in [-0.05, 0) is 30.9 Å². The first-order valence-corrected chi connectivity index (χ1v) is 8.30. The molecule has 0 radical (unpaired) electrons. The second-order valence-electron chi connectivity index (χ2n) is 6.09. The SMILES string of the molecule is OCC[C@@H]1OC2(CCCCC2)O[C@H]1Cc1ccccc1Cl. The number of aliphatic hydroxyl groups is 1. The lowest BCUT2D eigenvalue weighted by atomic mass is 9.94. The van der Waals surface area contributed by atoms with Crippen molar-refractivity contribution in [1.29, 1.82) is 0 Å². The first-order chi connectivity index (χ1) is 10.2. The molecule has 2 aliphatic rings. The van der Waals surface area contributed by atoms with Crippen LogP contribution in [0.1, 0.15) is 44.1 Å². The van der Waals surface area contributed by atoms with Crippen LogP contribution in [0, 0.1) is 0 Å². The highest BCUT2D eigenvalue weighted by molar-refractivity contribution is 6.31. The Morgan fingerprint density at radius 1 is 1.10 bits per heavy atom. The molecule has 0 unspecified atom stereocenters. The number of benzene rings is 1. The van der Waals surface area contributed by atoms with Gasteiger partial charge in [0.2, 0.25) is 0 Å². The molecule has 0 amide bonds. The average molecular weight is 311 g/mol. The predicted molar refractivity (Wildman–Crippen MR) is 82.4 cm³/mol. The minimum Gasteiger partial charge on any atom is -0.396 e. The Morgan fingerprint density at radius 3 is 2.52 bits per heavy atom. The van der Waals surface area contributed by atoms with Crippen molar-refractivity contribution in [2.24, 2.45) is 0 Å². The molecule has 1 saturated carbocycles. The molecule has 116 valence electrons. The molecule has 2 atom stereocenters. The second-order valence-corrected chi connectivity index (χ2v) is 6.50. The Balaban J connectivity index is 1.74. The minimum atomic E-state index is -0.413. The van der Waals surface area contributed by atoms with E-state index in [1.165, 1.54) is 6.42 Å². The zero-order chi connectivity index (χ0) is 14.7. The third kappa shape index (κ3) is 3.42. The van der Waals surface area contributed by atoms with Gasteiger partial charge in [0.15, 0.2) is 5.79 Å². The highest BCUT2D eigenvalue weighted by Crippen LogP contribution is 2.42. The van der Waals surface area contributed by atoms with E-state index < -0.39 is 5.79 Å². The summed E-state index contributed by atoms with van der Waals surface area (Å²) < 4.78 is 12.6. The second kappa shape index (κ2) is 6.66.